The average molecular weight is 274 g/mol. The molecule has 0 nitrogen and oxygen atoms in total. The molecule has 66 valence electrons. The summed E-state index contributed by atoms with van der Waals surface area (Å²) in [6, 6.07) is 8.84. The number of halogens is 1. The van der Waals surface area contributed by atoms with Gasteiger partial charge >= 0.3 is 0 Å². The molecule has 0 aliphatic heterocycles. The lowest BCUT2D eigenvalue weighted by Gasteiger charge is -2.09. The molecule has 0 heterocycles. The van der Waals surface area contributed by atoms with Gasteiger partial charge in [0.05, 0.1) is 0 Å². The van der Waals surface area contributed by atoms with E-state index in [1.54, 1.807) is 0 Å². The molecule has 1 heteroatoms. The Balaban J connectivity index is 2.68. The lowest BCUT2D eigenvalue weighted by atomic mass is 9.97. The molecule has 1 rings (SSSR count). The molecule has 0 fully saturated rings. The molecule has 0 aliphatic rings. The van der Waals surface area contributed by atoms with Gasteiger partial charge in [-0.05, 0) is 52.6 Å². The summed E-state index contributed by atoms with van der Waals surface area (Å²) in [5.74, 6) is 0.715. The Morgan fingerprint density at radius 2 is 1.83 bits per heavy atom. The van der Waals surface area contributed by atoms with Crippen molar-refractivity contribution in [3.63, 3.8) is 0 Å². The Bertz CT molecular complexity index is 225. The molecule has 0 saturated carbocycles. The van der Waals surface area contributed by atoms with Gasteiger partial charge in [0.15, 0.2) is 0 Å². The quantitative estimate of drug-likeness (QED) is 0.725. The minimum atomic E-state index is 0.715. The van der Waals surface area contributed by atoms with Crippen LogP contribution in [-0.4, -0.2) is 0 Å². The highest BCUT2D eigenvalue weighted by Crippen LogP contribution is 2.20. The minimum Gasteiger partial charge on any atom is -0.0654 e. The number of hydrogen-bond donors (Lipinski definition) is 0. The van der Waals surface area contributed by atoms with Crippen LogP contribution in [0, 0.1) is 3.57 Å². The number of rotatable bonds is 3. The Labute approximate surface area is 88.5 Å². The van der Waals surface area contributed by atoms with Gasteiger partial charge in [0, 0.05) is 3.57 Å². The SMILES string of the molecule is CCCC(C)c1ccc(I)cc1. The van der Waals surface area contributed by atoms with Crippen molar-refractivity contribution in [1.82, 2.24) is 0 Å². The summed E-state index contributed by atoms with van der Waals surface area (Å²) < 4.78 is 1.32. The zero-order valence-corrected chi connectivity index (χ0v) is 9.84. The topological polar surface area (TPSA) is 0 Å². The normalized spacial score (nSPS) is 12.9. The van der Waals surface area contributed by atoms with E-state index in [9.17, 15) is 0 Å². The van der Waals surface area contributed by atoms with Crippen molar-refractivity contribution < 1.29 is 0 Å². The number of hydrogen-bond acceptors (Lipinski definition) is 0. The van der Waals surface area contributed by atoms with Crippen molar-refractivity contribution in [2.24, 2.45) is 0 Å². The van der Waals surface area contributed by atoms with Gasteiger partial charge in [-0.2, -0.15) is 0 Å². The van der Waals surface area contributed by atoms with Crippen molar-refractivity contribution >= 4 is 22.6 Å². The van der Waals surface area contributed by atoms with Crippen molar-refractivity contribution in [3.8, 4) is 0 Å². The Morgan fingerprint density at radius 3 is 2.33 bits per heavy atom. The summed E-state index contributed by atoms with van der Waals surface area (Å²) in [6.07, 6.45) is 2.56. The summed E-state index contributed by atoms with van der Waals surface area (Å²) in [7, 11) is 0. The van der Waals surface area contributed by atoms with E-state index < -0.39 is 0 Å². The highest BCUT2D eigenvalue weighted by atomic mass is 127. The van der Waals surface area contributed by atoms with E-state index in [0.29, 0.717) is 5.92 Å². The third-order valence-electron chi connectivity index (χ3n) is 2.16. The van der Waals surface area contributed by atoms with Crippen LogP contribution in [0.4, 0.5) is 0 Å². The van der Waals surface area contributed by atoms with Crippen LogP contribution in [0.15, 0.2) is 24.3 Å². The molecule has 1 aromatic rings. The number of benzene rings is 1. The first-order valence-corrected chi connectivity index (χ1v) is 5.57. The Kier molecular flexibility index (Phi) is 4.06. The van der Waals surface area contributed by atoms with E-state index in [1.807, 2.05) is 0 Å². The van der Waals surface area contributed by atoms with Gasteiger partial charge in [-0.1, -0.05) is 32.4 Å². The first-order chi connectivity index (χ1) is 5.74. The van der Waals surface area contributed by atoms with Crippen molar-refractivity contribution in [2.75, 3.05) is 0 Å². The predicted octanol–water partition coefficient (Wildman–Crippen LogP) is 4.19. The lowest BCUT2D eigenvalue weighted by Crippen LogP contribution is -1.91. The minimum absolute atomic E-state index is 0.715. The fourth-order valence-electron chi connectivity index (χ4n) is 1.39. The smallest absolute Gasteiger partial charge is 0.0130 e. The second-order valence-corrected chi connectivity index (χ2v) is 4.49. The monoisotopic (exact) mass is 274 g/mol. The zero-order chi connectivity index (χ0) is 8.97. The molecule has 1 unspecified atom stereocenters. The van der Waals surface area contributed by atoms with Crippen LogP contribution < -0.4 is 0 Å². The molecule has 1 aromatic carbocycles. The fourth-order valence-corrected chi connectivity index (χ4v) is 1.75. The van der Waals surface area contributed by atoms with Crippen LogP contribution in [0.1, 0.15) is 38.2 Å². The molecule has 0 N–H and O–H groups in total. The van der Waals surface area contributed by atoms with Crippen LogP contribution in [0.5, 0.6) is 0 Å². The van der Waals surface area contributed by atoms with Crippen LogP contribution in [0.25, 0.3) is 0 Å². The van der Waals surface area contributed by atoms with Crippen molar-refractivity contribution in [2.45, 2.75) is 32.6 Å². The molecular formula is C11H15I. The van der Waals surface area contributed by atoms with Gasteiger partial charge in [-0.15, -0.1) is 0 Å². The predicted molar refractivity (Wildman–Crippen MR) is 62.5 cm³/mol. The summed E-state index contributed by atoms with van der Waals surface area (Å²) >= 11 is 2.34. The van der Waals surface area contributed by atoms with Crippen LogP contribution in [-0.2, 0) is 0 Å². The van der Waals surface area contributed by atoms with Gasteiger partial charge in [-0.25, -0.2) is 0 Å². The third kappa shape index (κ3) is 2.77. The van der Waals surface area contributed by atoms with Gasteiger partial charge < -0.3 is 0 Å². The van der Waals surface area contributed by atoms with E-state index in [4.69, 9.17) is 0 Å². The molecule has 0 bridgehead atoms. The van der Waals surface area contributed by atoms with Crippen molar-refractivity contribution in [3.05, 3.63) is 33.4 Å². The molecular weight excluding hydrogens is 259 g/mol. The van der Waals surface area contributed by atoms with E-state index in [0.717, 1.165) is 0 Å². The molecule has 12 heavy (non-hydrogen) atoms. The molecule has 0 aromatic heterocycles. The second kappa shape index (κ2) is 4.85. The van der Waals surface area contributed by atoms with Gasteiger partial charge in [0.25, 0.3) is 0 Å². The Hall–Kier alpha value is -0.0500. The fraction of sp³-hybridized carbons (Fsp3) is 0.455. The maximum absolute atomic E-state index is 2.34. The van der Waals surface area contributed by atoms with Crippen molar-refractivity contribution in [1.29, 1.82) is 0 Å². The first kappa shape index (κ1) is 10.0. The van der Waals surface area contributed by atoms with E-state index >= 15 is 0 Å². The molecule has 0 saturated heterocycles. The Morgan fingerprint density at radius 1 is 1.25 bits per heavy atom. The third-order valence-corrected chi connectivity index (χ3v) is 2.88. The summed E-state index contributed by atoms with van der Waals surface area (Å²) in [6.45, 7) is 4.54. The maximum Gasteiger partial charge on any atom is 0.0130 e. The summed E-state index contributed by atoms with van der Waals surface area (Å²) in [5.41, 5.74) is 1.47. The molecule has 1 atom stereocenters. The standard InChI is InChI=1S/C11H15I/c1-3-4-9(2)10-5-7-11(12)8-6-10/h5-9H,3-4H2,1-2H3. The highest BCUT2D eigenvalue weighted by molar-refractivity contribution is 14.1. The zero-order valence-electron chi connectivity index (χ0n) is 7.68. The van der Waals surface area contributed by atoms with Crippen LogP contribution in [0.3, 0.4) is 0 Å². The maximum atomic E-state index is 2.34. The van der Waals surface area contributed by atoms with E-state index in [2.05, 4.69) is 60.7 Å². The van der Waals surface area contributed by atoms with Crippen LogP contribution >= 0.6 is 22.6 Å². The van der Waals surface area contributed by atoms with Gasteiger partial charge in [0.1, 0.15) is 0 Å². The molecule has 0 radical (unpaired) electrons. The van der Waals surface area contributed by atoms with Crippen LogP contribution in [0.2, 0.25) is 0 Å². The summed E-state index contributed by atoms with van der Waals surface area (Å²) in [5, 5.41) is 0. The van der Waals surface area contributed by atoms with E-state index in [1.165, 1.54) is 22.0 Å². The largest absolute Gasteiger partial charge is 0.0654 e. The molecule has 0 spiro atoms. The van der Waals surface area contributed by atoms with Gasteiger partial charge in [0.2, 0.25) is 0 Å². The summed E-state index contributed by atoms with van der Waals surface area (Å²) in [4.78, 5) is 0. The molecule has 0 aliphatic carbocycles. The van der Waals surface area contributed by atoms with Gasteiger partial charge in [-0.3, -0.25) is 0 Å². The average Bonchev–Trinajstić information content (AvgIpc) is 2.06. The highest BCUT2D eigenvalue weighted by Gasteiger charge is 2.02. The van der Waals surface area contributed by atoms with E-state index in [-0.39, 0.29) is 0 Å². The first-order valence-electron chi connectivity index (χ1n) is 4.49. The second-order valence-electron chi connectivity index (χ2n) is 3.24. The molecule has 0 amide bonds. The lowest BCUT2D eigenvalue weighted by molar-refractivity contribution is 0.665.